The summed E-state index contributed by atoms with van der Waals surface area (Å²) in [5.74, 6) is 0. The molecule has 2 rings (SSSR count). The number of nitrogens with zero attached hydrogens (tertiary/aromatic N) is 1. The second kappa shape index (κ2) is 5.20. The average Bonchev–Trinajstić information content (AvgIpc) is 2.75. The Kier molecular flexibility index (Phi) is 3.65. The third kappa shape index (κ3) is 2.53. The van der Waals surface area contributed by atoms with Crippen LogP contribution in [0.4, 0.5) is 5.69 Å². The van der Waals surface area contributed by atoms with Gasteiger partial charge < -0.3 is 4.90 Å². The maximum Gasteiger partial charge on any atom is 0.0368 e. The lowest BCUT2D eigenvalue weighted by molar-refractivity contribution is 0.574. The van der Waals surface area contributed by atoms with Crippen LogP contribution in [-0.4, -0.2) is 12.6 Å². The molecule has 0 radical (unpaired) electrons. The largest absolute Gasteiger partial charge is 0.369 e. The molecule has 0 aromatic heterocycles. The molecule has 1 saturated heterocycles. The summed E-state index contributed by atoms with van der Waals surface area (Å²) in [6.07, 6.45) is 6.80. The highest BCUT2D eigenvalue weighted by Crippen LogP contribution is 2.27. The molecule has 1 aromatic rings. The average molecular weight is 203 g/mol. The van der Waals surface area contributed by atoms with Gasteiger partial charge in [0.15, 0.2) is 0 Å². The smallest absolute Gasteiger partial charge is 0.0368 e. The molecule has 0 saturated carbocycles. The molecule has 15 heavy (non-hydrogen) atoms. The van der Waals surface area contributed by atoms with Crippen LogP contribution in [0.3, 0.4) is 0 Å². The van der Waals surface area contributed by atoms with Gasteiger partial charge in [-0.05, 0) is 31.4 Å². The predicted molar refractivity (Wildman–Crippen MR) is 66.3 cm³/mol. The van der Waals surface area contributed by atoms with Crippen molar-refractivity contribution in [2.24, 2.45) is 0 Å². The fourth-order valence-corrected chi connectivity index (χ4v) is 2.53. The standard InChI is InChI=1S/C14H21N/c1-2-3-8-13-11-7-12-15(13)14-9-5-4-6-10-14/h4-6,9-10,13H,2-3,7-8,11-12H2,1H3. The van der Waals surface area contributed by atoms with Crippen LogP contribution >= 0.6 is 0 Å². The minimum absolute atomic E-state index is 0.798. The normalized spacial score (nSPS) is 20.9. The molecule has 0 N–H and O–H groups in total. The second-order valence-electron chi connectivity index (χ2n) is 4.47. The molecule has 1 heteroatoms. The van der Waals surface area contributed by atoms with Crippen molar-refractivity contribution in [3.63, 3.8) is 0 Å². The Bertz CT molecular complexity index is 281. The number of rotatable bonds is 4. The number of hydrogen-bond acceptors (Lipinski definition) is 1. The van der Waals surface area contributed by atoms with Gasteiger partial charge in [0.2, 0.25) is 0 Å². The van der Waals surface area contributed by atoms with E-state index in [-0.39, 0.29) is 0 Å². The first kappa shape index (κ1) is 10.5. The van der Waals surface area contributed by atoms with Crippen molar-refractivity contribution in [3.05, 3.63) is 30.3 Å². The summed E-state index contributed by atoms with van der Waals surface area (Å²) in [5, 5.41) is 0. The van der Waals surface area contributed by atoms with E-state index in [1.165, 1.54) is 44.3 Å². The van der Waals surface area contributed by atoms with E-state index in [2.05, 4.69) is 42.2 Å². The maximum atomic E-state index is 2.59. The Morgan fingerprint density at radius 1 is 1.27 bits per heavy atom. The van der Waals surface area contributed by atoms with Gasteiger partial charge in [-0.1, -0.05) is 38.0 Å². The molecule has 0 bridgehead atoms. The maximum absolute atomic E-state index is 2.59. The van der Waals surface area contributed by atoms with E-state index < -0.39 is 0 Å². The van der Waals surface area contributed by atoms with Gasteiger partial charge >= 0.3 is 0 Å². The third-order valence-electron chi connectivity index (χ3n) is 3.36. The molecule has 82 valence electrons. The summed E-state index contributed by atoms with van der Waals surface area (Å²) in [5.41, 5.74) is 1.41. The van der Waals surface area contributed by atoms with Crippen LogP contribution in [0.2, 0.25) is 0 Å². The van der Waals surface area contributed by atoms with Crippen LogP contribution in [0.15, 0.2) is 30.3 Å². The molecule has 1 aromatic carbocycles. The van der Waals surface area contributed by atoms with E-state index in [0.717, 1.165) is 6.04 Å². The minimum atomic E-state index is 0.798. The fourth-order valence-electron chi connectivity index (χ4n) is 2.53. The van der Waals surface area contributed by atoms with Gasteiger partial charge in [0.1, 0.15) is 0 Å². The molecule has 1 nitrogen and oxygen atoms in total. The van der Waals surface area contributed by atoms with Crippen LogP contribution < -0.4 is 4.90 Å². The van der Waals surface area contributed by atoms with Crippen molar-refractivity contribution in [1.29, 1.82) is 0 Å². The first-order valence-corrected chi connectivity index (χ1v) is 6.23. The highest BCUT2D eigenvalue weighted by Gasteiger charge is 2.23. The molecule has 1 fully saturated rings. The van der Waals surface area contributed by atoms with Gasteiger partial charge in [-0.25, -0.2) is 0 Å². The quantitative estimate of drug-likeness (QED) is 0.718. The SMILES string of the molecule is CCCCC1CCCN1c1ccccc1. The summed E-state index contributed by atoms with van der Waals surface area (Å²) >= 11 is 0. The number of para-hydroxylation sites is 1. The topological polar surface area (TPSA) is 3.24 Å². The van der Waals surface area contributed by atoms with Gasteiger partial charge in [0.25, 0.3) is 0 Å². The van der Waals surface area contributed by atoms with Crippen molar-refractivity contribution in [2.45, 2.75) is 45.1 Å². The van der Waals surface area contributed by atoms with E-state index in [1.54, 1.807) is 0 Å². The van der Waals surface area contributed by atoms with Gasteiger partial charge in [0, 0.05) is 18.3 Å². The zero-order valence-electron chi connectivity index (χ0n) is 9.65. The first-order chi connectivity index (χ1) is 7.42. The molecular formula is C14H21N. The van der Waals surface area contributed by atoms with Crippen LogP contribution in [-0.2, 0) is 0 Å². The molecule has 1 heterocycles. The first-order valence-electron chi connectivity index (χ1n) is 6.23. The number of unbranched alkanes of at least 4 members (excludes halogenated alkanes) is 1. The predicted octanol–water partition coefficient (Wildman–Crippen LogP) is 3.85. The lowest BCUT2D eigenvalue weighted by Gasteiger charge is -2.26. The monoisotopic (exact) mass is 203 g/mol. The van der Waals surface area contributed by atoms with Gasteiger partial charge in [0.05, 0.1) is 0 Å². The Labute approximate surface area is 93.1 Å². The summed E-state index contributed by atoms with van der Waals surface area (Å²) in [6, 6.07) is 11.7. The molecule has 1 aliphatic rings. The Morgan fingerprint density at radius 3 is 2.80 bits per heavy atom. The van der Waals surface area contributed by atoms with Crippen molar-refractivity contribution in [1.82, 2.24) is 0 Å². The number of anilines is 1. The number of hydrogen-bond donors (Lipinski definition) is 0. The highest BCUT2D eigenvalue weighted by molar-refractivity contribution is 5.47. The zero-order valence-corrected chi connectivity index (χ0v) is 9.65. The van der Waals surface area contributed by atoms with Crippen LogP contribution in [0, 0.1) is 0 Å². The van der Waals surface area contributed by atoms with Crippen LogP contribution in [0.1, 0.15) is 39.0 Å². The Hall–Kier alpha value is -0.980. The van der Waals surface area contributed by atoms with E-state index in [9.17, 15) is 0 Å². The van der Waals surface area contributed by atoms with E-state index in [4.69, 9.17) is 0 Å². The van der Waals surface area contributed by atoms with Crippen molar-refractivity contribution >= 4 is 5.69 Å². The Morgan fingerprint density at radius 2 is 2.07 bits per heavy atom. The summed E-state index contributed by atoms with van der Waals surface area (Å²) in [7, 11) is 0. The third-order valence-corrected chi connectivity index (χ3v) is 3.36. The van der Waals surface area contributed by atoms with Gasteiger partial charge in [-0.2, -0.15) is 0 Å². The van der Waals surface area contributed by atoms with Crippen LogP contribution in [0.5, 0.6) is 0 Å². The number of benzene rings is 1. The minimum Gasteiger partial charge on any atom is -0.369 e. The Balaban J connectivity index is 2.01. The molecule has 0 aliphatic carbocycles. The molecular weight excluding hydrogens is 182 g/mol. The van der Waals surface area contributed by atoms with Crippen molar-refractivity contribution in [3.8, 4) is 0 Å². The van der Waals surface area contributed by atoms with Gasteiger partial charge in [-0.3, -0.25) is 0 Å². The molecule has 1 atom stereocenters. The molecule has 1 unspecified atom stereocenters. The molecule has 0 amide bonds. The lowest BCUT2D eigenvalue weighted by atomic mass is 10.1. The molecule has 0 spiro atoms. The van der Waals surface area contributed by atoms with Crippen molar-refractivity contribution in [2.75, 3.05) is 11.4 Å². The summed E-state index contributed by atoms with van der Waals surface area (Å²) in [4.78, 5) is 2.59. The van der Waals surface area contributed by atoms with E-state index in [0.29, 0.717) is 0 Å². The van der Waals surface area contributed by atoms with E-state index in [1.807, 2.05) is 0 Å². The summed E-state index contributed by atoms with van der Waals surface area (Å²) < 4.78 is 0. The highest BCUT2D eigenvalue weighted by atomic mass is 15.2. The summed E-state index contributed by atoms with van der Waals surface area (Å²) in [6.45, 7) is 3.53. The lowest BCUT2D eigenvalue weighted by Crippen LogP contribution is -2.28. The van der Waals surface area contributed by atoms with Crippen molar-refractivity contribution < 1.29 is 0 Å². The molecule has 1 aliphatic heterocycles. The zero-order chi connectivity index (χ0) is 10.5. The van der Waals surface area contributed by atoms with Gasteiger partial charge in [-0.15, -0.1) is 0 Å². The van der Waals surface area contributed by atoms with Crippen LogP contribution in [0.25, 0.3) is 0 Å². The van der Waals surface area contributed by atoms with E-state index >= 15 is 0 Å². The second-order valence-corrected chi connectivity index (χ2v) is 4.47. The fraction of sp³-hybridized carbons (Fsp3) is 0.571.